The van der Waals surface area contributed by atoms with E-state index in [0.29, 0.717) is 0 Å². The molecule has 0 aromatic heterocycles. The van der Waals surface area contributed by atoms with Crippen molar-refractivity contribution in [2.24, 2.45) is 11.8 Å². The van der Waals surface area contributed by atoms with Gasteiger partial charge in [-0.3, -0.25) is 9.59 Å². The molecule has 0 fully saturated rings. The molecule has 1 aromatic rings. The van der Waals surface area contributed by atoms with Crippen LogP contribution in [-0.4, -0.2) is 45.1 Å². The highest BCUT2D eigenvalue weighted by atomic mass is 16.5. The fourth-order valence-corrected chi connectivity index (χ4v) is 4.17. The number of cyclic esters (lactones) is 1. The molecule has 3 N–H and O–H groups in total. The summed E-state index contributed by atoms with van der Waals surface area (Å²) < 4.78 is 5.75. The van der Waals surface area contributed by atoms with Crippen molar-refractivity contribution >= 4 is 11.9 Å². The molecule has 1 heterocycles. The summed E-state index contributed by atoms with van der Waals surface area (Å²) in [6, 6.07) is 10.1. The molecule has 0 aliphatic carbocycles. The maximum atomic E-state index is 12.5. The highest BCUT2D eigenvalue weighted by Gasteiger charge is 2.34. The van der Waals surface area contributed by atoms with Crippen molar-refractivity contribution in [2.75, 3.05) is 0 Å². The zero-order valence-electron chi connectivity index (χ0n) is 20.6. The van der Waals surface area contributed by atoms with Crippen molar-refractivity contribution in [3.8, 4) is 0 Å². The number of hydrogen-bond acceptors (Lipinski definition) is 5. The standard InChI is InChI=1S/C28H38O6/c1-19(22-11-6-5-7-12-22)9-8-10-20(2)27-21(3)13-14-23(17-25(30)31)28(4,33)16-15-24(29)18-26(32)34-27/h5-14,19,21,23-24,27,29,33H,15-18H2,1-4H3,(H,30,31)/b9-8+,14-13+,20-10+/t19?,21-,23+,24+,27+,28+/m0/s1. The minimum atomic E-state index is -1.32. The van der Waals surface area contributed by atoms with Gasteiger partial charge in [-0.05, 0) is 43.7 Å². The third-order valence-electron chi connectivity index (χ3n) is 6.50. The Labute approximate surface area is 202 Å². The van der Waals surface area contributed by atoms with Crippen LogP contribution in [0, 0.1) is 11.8 Å². The van der Waals surface area contributed by atoms with E-state index in [-0.39, 0.29) is 37.5 Å². The van der Waals surface area contributed by atoms with Gasteiger partial charge in [0.25, 0.3) is 0 Å². The molecule has 186 valence electrons. The van der Waals surface area contributed by atoms with Crippen LogP contribution in [0.2, 0.25) is 0 Å². The maximum absolute atomic E-state index is 12.5. The van der Waals surface area contributed by atoms with Crippen LogP contribution in [0.25, 0.3) is 0 Å². The molecular formula is C28H38O6. The van der Waals surface area contributed by atoms with Crippen LogP contribution in [0.15, 0.2) is 66.3 Å². The summed E-state index contributed by atoms with van der Waals surface area (Å²) in [5, 5.41) is 30.5. The number of rotatable bonds is 6. The van der Waals surface area contributed by atoms with E-state index in [4.69, 9.17) is 4.74 Å². The van der Waals surface area contributed by atoms with E-state index in [1.54, 1.807) is 13.0 Å². The lowest BCUT2D eigenvalue weighted by atomic mass is 9.80. The Morgan fingerprint density at radius 3 is 2.59 bits per heavy atom. The molecule has 1 unspecified atom stereocenters. The number of aliphatic hydroxyl groups excluding tert-OH is 1. The van der Waals surface area contributed by atoms with Gasteiger partial charge in [-0.25, -0.2) is 0 Å². The van der Waals surface area contributed by atoms with Crippen molar-refractivity contribution in [2.45, 2.75) is 77.1 Å². The molecule has 6 heteroatoms. The van der Waals surface area contributed by atoms with Gasteiger partial charge < -0.3 is 20.1 Å². The molecule has 0 saturated heterocycles. The van der Waals surface area contributed by atoms with Crippen molar-refractivity contribution < 1.29 is 29.6 Å². The number of carboxylic acids is 1. The first-order valence-electron chi connectivity index (χ1n) is 11.9. The average Bonchev–Trinajstić information content (AvgIpc) is 2.78. The van der Waals surface area contributed by atoms with Gasteiger partial charge in [0.1, 0.15) is 6.10 Å². The summed E-state index contributed by atoms with van der Waals surface area (Å²) in [6.07, 6.45) is 7.82. The molecule has 0 radical (unpaired) electrons. The Morgan fingerprint density at radius 1 is 1.26 bits per heavy atom. The first-order chi connectivity index (χ1) is 16.0. The van der Waals surface area contributed by atoms with Crippen molar-refractivity contribution in [1.82, 2.24) is 0 Å². The molecule has 0 spiro atoms. The molecule has 0 bridgehead atoms. The van der Waals surface area contributed by atoms with E-state index in [1.807, 2.05) is 50.3 Å². The molecular weight excluding hydrogens is 432 g/mol. The maximum Gasteiger partial charge on any atom is 0.309 e. The predicted octanol–water partition coefficient (Wildman–Crippen LogP) is 4.78. The van der Waals surface area contributed by atoms with Crippen LogP contribution >= 0.6 is 0 Å². The van der Waals surface area contributed by atoms with Crippen LogP contribution in [-0.2, 0) is 14.3 Å². The topological polar surface area (TPSA) is 104 Å². The summed E-state index contributed by atoms with van der Waals surface area (Å²) in [4.78, 5) is 23.9. The molecule has 6 atom stereocenters. The number of benzene rings is 1. The van der Waals surface area contributed by atoms with Gasteiger partial charge in [0.15, 0.2) is 0 Å². The summed E-state index contributed by atoms with van der Waals surface area (Å²) >= 11 is 0. The number of aliphatic carboxylic acids is 1. The summed E-state index contributed by atoms with van der Waals surface area (Å²) in [7, 11) is 0. The molecule has 1 aliphatic rings. The third-order valence-corrected chi connectivity index (χ3v) is 6.50. The van der Waals surface area contributed by atoms with Crippen LogP contribution in [0.3, 0.4) is 0 Å². The van der Waals surface area contributed by atoms with Gasteiger partial charge in [0, 0.05) is 11.8 Å². The zero-order valence-corrected chi connectivity index (χ0v) is 20.6. The predicted molar refractivity (Wildman–Crippen MR) is 132 cm³/mol. The van der Waals surface area contributed by atoms with Crippen LogP contribution in [0.1, 0.15) is 64.9 Å². The van der Waals surface area contributed by atoms with Crippen LogP contribution in [0.5, 0.6) is 0 Å². The van der Waals surface area contributed by atoms with Crippen LogP contribution in [0.4, 0.5) is 0 Å². The largest absolute Gasteiger partial charge is 0.481 e. The first kappa shape index (κ1) is 27.5. The first-order valence-corrected chi connectivity index (χ1v) is 11.9. The monoisotopic (exact) mass is 470 g/mol. The second kappa shape index (κ2) is 12.7. The Kier molecular flexibility index (Phi) is 10.3. The zero-order chi connectivity index (χ0) is 25.3. The summed E-state index contributed by atoms with van der Waals surface area (Å²) in [6.45, 7) is 7.45. The van der Waals surface area contributed by atoms with E-state index in [0.717, 1.165) is 5.57 Å². The number of esters is 1. The second-order valence-electron chi connectivity index (χ2n) is 9.61. The van der Waals surface area contributed by atoms with Gasteiger partial charge in [0.05, 0.1) is 24.5 Å². The van der Waals surface area contributed by atoms with Crippen LogP contribution < -0.4 is 0 Å². The Bertz CT molecular complexity index is 899. The van der Waals surface area contributed by atoms with E-state index >= 15 is 0 Å². The fourth-order valence-electron chi connectivity index (χ4n) is 4.17. The number of hydrogen-bond donors (Lipinski definition) is 3. The second-order valence-corrected chi connectivity index (χ2v) is 9.61. The summed E-state index contributed by atoms with van der Waals surface area (Å²) in [5.74, 6) is -2.19. The minimum absolute atomic E-state index is 0.168. The minimum Gasteiger partial charge on any atom is -0.481 e. The molecule has 6 nitrogen and oxygen atoms in total. The van der Waals surface area contributed by atoms with Crippen molar-refractivity contribution in [3.05, 3.63) is 71.8 Å². The molecule has 0 amide bonds. The van der Waals surface area contributed by atoms with Crippen molar-refractivity contribution in [1.29, 1.82) is 0 Å². The molecule has 34 heavy (non-hydrogen) atoms. The lowest BCUT2D eigenvalue weighted by Gasteiger charge is -2.32. The van der Waals surface area contributed by atoms with E-state index in [9.17, 15) is 24.9 Å². The lowest BCUT2D eigenvalue weighted by molar-refractivity contribution is -0.151. The number of allylic oxidation sites excluding steroid dienone is 3. The number of ether oxygens (including phenoxy) is 1. The summed E-state index contributed by atoms with van der Waals surface area (Å²) in [5.41, 5.74) is 0.703. The molecule has 0 saturated carbocycles. The molecule has 2 rings (SSSR count). The quantitative estimate of drug-likeness (QED) is 0.314. The van der Waals surface area contributed by atoms with E-state index in [1.165, 1.54) is 5.56 Å². The van der Waals surface area contributed by atoms with Gasteiger partial charge in [-0.15, -0.1) is 0 Å². The fraction of sp³-hybridized carbons (Fsp3) is 0.500. The Morgan fingerprint density at radius 2 is 1.94 bits per heavy atom. The normalized spacial score (nSPS) is 31.2. The molecule has 1 aliphatic heterocycles. The highest BCUT2D eigenvalue weighted by molar-refractivity contribution is 5.70. The van der Waals surface area contributed by atoms with Gasteiger partial charge >= 0.3 is 11.9 Å². The Balaban J connectivity index is 2.29. The van der Waals surface area contributed by atoms with Gasteiger partial charge in [-0.2, -0.15) is 0 Å². The third kappa shape index (κ3) is 8.58. The van der Waals surface area contributed by atoms with E-state index < -0.39 is 35.7 Å². The van der Waals surface area contributed by atoms with E-state index in [2.05, 4.69) is 25.1 Å². The highest BCUT2D eigenvalue weighted by Crippen LogP contribution is 2.30. The van der Waals surface area contributed by atoms with Crippen molar-refractivity contribution in [3.63, 3.8) is 0 Å². The number of carbonyl (C=O) groups excluding carboxylic acids is 1. The number of carboxylic acid groups (broad SMARTS) is 1. The lowest BCUT2D eigenvalue weighted by Crippen LogP contribution is -2.37. The smallest absolute Gasteiger partial charge is 0.309 e. The van der Waals surface area contributed by atoms with Gasteiger partial charge in [-0.1, -0.05) is 74.6 Å². The Hall–Kier alpha value is -2.70. The van der Waals surface area contributed by atoms with Gasteiger partial charge in [0.2, 0.25) is 0 Å². The number of aliphatic hydroxyl groups is 2. The molecule has 1 aromatic carbocycles. The SMILES string of the molecule is C/C(=C\C=C\C(C)c1ccccc1)[C@H]1OC(=O)C[C@H](O)CC[C@@](C)(O)[C@@H](CC(=O)O)/C=C/[C@@H]1C. The number of carbonyl (C=O) groups is 2. The average molecular weight is 471 g/mol.